The van der Waals surface area contributed by atoms with Gasteiger partial charge in [-0.05, 0) is 25.5 Å². The molecule has 0 saturated carbocycles. The second-order valence-corrected chi connectivity index (χ2v) is 4.63. The van der Waals surface area contributed by atoms with Crippen LogP contribution in [0.15, 0.2) is 28.7 Å². The van der Waals surface area contributed by atoms with Crippen LogP contribution in [0.4, 0.5) is 5.69 Å². The van der Waals surface area contributed by atoms with Crippen molar-refractivity contribution in [2.75, 3.05) is 0 Å². The van der Waals surface area contributed by atoms with Gasteiger partial charge in [0.05, 0.1) is 4.92 Å². The van der Waals surface area contributed by atoms with Crippen LogP contribution in [-0.2, 0) is 9.53 Å². The number of ether oxygens (including phenoxy) is 1. The molecule has 0 N–H and O–H groups in total. The molecule has 22 heavy (non-hydrogen) atoms. The monoisotopic (exact) mass is 305 g/mol. The van der Waals surface area contributed by atoms with Crippen molar-refractivity contribution in [3.63, 3.8) is 0 Å². The number of non-ortho nitro benzene ring substituents is 1. The van der Waals surface area contributed by atoms with Crippen LogP contribution in [0.1, 0.15) is 38.7 Å². The first-order valence-corrected chi connectivity index (χ1v) is 6.79. The normalized spacial score (nSPS) is 11.9. The number of benzene rings is 1. The van der Waals surface area contributed by atoms with Gasteiger partial charge in [0.2, 0.25) is 5.89 Å². The molecule has 1 atom stereocenters. The molecule has 0 aliphatic rings. The Bertz CT molecular complexity index is 665. The van der Waals surface area contributed by atoms with E-state index < -0.39 is 11.0 Å². The molecular formula is C14H15N3O5. The van der Waals surface area contributed by atoms with Crippen molar-refractivity contribution in [2.45, 2.75) is 32.8 Å². The minimum Gasteiger partial charge on any atom is -0.453 e. The highest BCUT2D eigenvalue weighted by Gasteiger charge is 2.19. The van der Waals surface area contributed by atoms with Crippen molar-refractivity contribution < 1.29 is 18.9 Å². The Labute approximate surface area is 126 Å². The van der Waals surface area contributed by atoms with Gasteiger partial charge in [0.15, 0.2) is 6.10 Å². The molecule has 0 aliphatic carbocycles. The molecule has 0 saturated heterocycles. The van der Waals surface area contributed by atoms with E-state index in [1.165, 1.54) is 24.3 Å². The molecule has 1 heterocycles. The molecule has 2 aromatic rings. The molecule has 0 unspecified atom stereocenters. The van der Waals surface area contributed by atoms with Crippen molar-refractivity contribution in [1.82, 2.24) is 10.2 Å². The molecular weight excluding hydrogens is 290 g/mol. The summed E-state index contributed by atoms with van der Waals surface area (Å²) in [4.78, 5) is 21.5. The van der Waals surface area contributed by atoms with Crippen LogP contribution in [0.3, 0.4) is 0 Å². The average Bonchev–Trinajstić information content (AvgIpc) is 2.97. The molecule has 8 nitrogen and oxygen atoms in total. The fraction of sp³-hybridized carbons (Fsp3) is 0.357. The van der Waals surface area contributed by atoms with Crippen LogP contribution in [0.2, 0.25) is 0 Å². The maximum atomic E-state index is 11.4. The molecule has 0 aliphatic heterocycles. The Morgan fingerprint density at radius 2 is 2.05 bits per heavy atom. The van der Waals surface area contributed by atoms with Crippen LogP contribution >= 0.6 is 0 Å². The van der Waals surface area contributed by atoms with Crippen molar-refractivity contribution in [2.24, 2.45) is 0 Å². The highest BCUT2D eigenvalue weighted by Crippen LogP contribution is 2.24. The molecule has 0 bridgehead atoms. The van der Waals surface area contributed by atoms with Gasteiger partial charge in [-0.3, -0.25) is 14.9 Å². The first kappa shape index (κ1) is 15.6. The van der Waals surface area contributed by atoms with E-state index in [0.29, 0.717) is 18.4 Å². The largest absolute Gasteiger partial charge is 0.453 e. The molecule has 0 spiro atoms. The highest BCUT2D eigenvalue weighted by atomic mass is 16.6. The Morgan fingerprint density at radius 3 is 2.64 bits per heavy atom. The Morgan fingerprint density at radius 1 is 1.36 bits per heavy atom. The van der Waals surface area contributed by atoms with E-state index in [-0.39, 0.29) is 23.4 Å². The van der Waals surface area contributed by atoms with E-state index in [1.54, 1.807) is 6.92 Å². The zero-order chi connectivity index (χ0) is 16.1. The van der Waals surface area contributed by atoms with Gasteiger partial charge in [-0.25, -0.2) is 0 Å². The van der Waals surface area contributed by atoms with Gasteiger partial charge in [0.1, 0.15) is 0 Å². The van der Waals surface area contributed by atoms with E-state index in [0.717, 1.165) is 0 Å². The summed E-state index contributed by atoms with van der Waals surface area (Å²) in [6.45, 7) is 3.52. The molecule has 116 valence electrons. The summed E-state index contributed by atoms with van der Waals surface area (Å²) in [5.74, 6) is 0.0613. The SMILES string of the molecule is CCCC(=O)O[C@H](C)c1nnc(-c2ccc([N+](=O)[O-])cc2)o1. The molecule has 2 rings (SSSR count). The third kappa shape index (κ3) is 3.66. The lowest BCUT2D eigenvalue weighted by Crippen LogP contribution is -2.08. The summed E-state index contributed by atoms with van der Waals surface area (Å²) >= 11 is 0. The van der Waals surface area contributed by atoms with Crippen LogP contribution in [-0.4, -0.2) is 21.1 Å². The average molecular weight is 305 g/mol. The van der Waals surface area contributed by atoms with Gasteiger partial charge >= 0.3 is 5.97 Å². The quantitative estimate of drug-likeness (QED) is 0.458. The van der Waals surface area contributed by atoms with E-state index >= 15 is 0 Å². The molecule has 1 aromatic carbocycles. The van der Waals surface area contributed by atoms with Gasteiger partial charge in [0.25, 0.3) is 11.6 Å². The maximum Gasteiger partial charge on any atom is 0.306 e. The second kappa shape index (κ2) is 6.79. The van der Waals surface area contributed by atoms with Crippen LogP contribution in [0, 0.1) is 10.1 Å². The lowest BCUT2D eigenvalue weighted by atomic mass is 10.2. The van der Waals surface area contributed by atoms with Gasteiger partial charge in [-0.2, -0.15) is 0 Å². The van der Waals surface area contributed by atoms with Crippen molar-refractivity contribution in [1.29, 1.82) is 0 Å². The van der Waals surface area contributed by atoms with Crippen LogP contribution in [0.5, 0.6) is 0 Å². The summed E-state index contributed by atoms with van der Waals surface area (Å²) in [5.41, 5.74) is 0.529. The molecule has 8 heteroatoms. The van der Waals surface area contributed by atoms with E-state index in [2.05, 4.69) is 10.2 Å². The number of nitrogens with zero attached hydrogens (tertiary/aromatic N) is 3. The van der Waals surface area contributed by atoms with E-state index in [4.69, 9.17) is 9.15 Å². The smallest absolute Gasteiger partial charge is 0.306 e. The van der Waals surface area contributed by atoms with Crippen molar-refractivity contribution >= 4 is 11.7 Å². The lowest BCUT2D eigenvalue weighted by molar-refractivity contribution is -0.384. The summed E-state index contributed by atoms with van der Waals surface area (Å²) in [6.07, 6.45) is 0.385. The van der Waals surface area contributed by atoms with Gasteiger partial charge in [-0.15, -0.1) is 10.2 Å². The molecule has 0 amide bonds. The van der Waals surface area contributed by atoms with Gasteiger partial charge in [-0.1, -0.05) is 6.92 Å². The van der Waals surface area contributed by atoms with Crippen LogP contribution in [0.25, 0.3) is 11.5 Å². The number of hydrogen-bond donors (Lipinski definition) is 0. The Balaban J connectivity index is 2.10. The van der Waals surface area contributed by atoms with Crippen molar-refractivity contribution in [3.8, 4) is 11.5 Å². The zero-order valence-electron chi connectivity index (χ0n) is 12.2. The summed E-state index contributed by atoms with van der Waals surface area (Å²) < 4.78 is 10.6. The first-order valence-electron chi connectivity index (χ1n) is 6.79. The van der Waals surface area contributed by atoms with Gasteiger partial charge in [0, 0.05) is 24.1 Å². The number of carbonyl (C=O) groups is 1. The Hall–Kier alpha value is -2.77. The molecule has 1 aromatic heterocycles. The molecule has 0 fully saturated rings. The number of rotatable bonds is 6. The minimum absolute atomic E-state index is 0.0228. The number of carbonyl (C=O) groups excluding carboxylic acids is 1. The van der Waals surface area contributed by atoms with Gasteiger partial charge < -0.3 is 9.15 Å². The van der Waals surface area contributed by atoms with E-state index in [1.807, 2.05) is 6.92 Å². The molecule has 0 radical (unpaired) electrons. The number of esters is 1. The second-order valence-electron chi connectivity index (χ2n) is 4.63. The standard InChI is InChI=1S/C14H15N3O5/c1-3-4-12(18)21-9(2)13-15-16-14(22-13)10-5-7-11(8-6-10)17(19)20/h5-9H,3-4H2,1-2H3/t9-/m1/s1. The maximum absolute atomic E-state index is 11.4. The predicted octanol–water partition coefficient (Wildman–Crippen LogP) is 3.05. The number of nitro benzene ring substituents is 1. The Kier molecular flexibility index (Phi) is 4.82. The summed E-state index contributed by atoms with van der Waals surface area (Å²) in [5, 5.41) is 18.3. The lowest BCUT2D eigenvalue weighted by Gasteiger charge is -2.08. The topological polar surface area (TPSA) is 108 Å². The summed E-state index contributed by atoms with van der Waals surface area (Å²) in [7, 11) is 0. The zero-order valence-corrected chi connectivity index (χ0v) is 12.2. The number of nitro groups is 1. The predicted molar refractivity (Wildman–Crippen MR) is 75.8 cm³/mol. The fourth-order valence-electron chi connectivity index (χ4n) is 1.75. The third-order valence-electron chi connectivity index (χ3n) is 2.88. The van der Waals surface area contributed by atoms with E-state index in [9.17, 15) is 14.9 Å². The minimum atomic E-state index is -0.640. The first-order chi connectivity index (χ1) is 10.5. The summed E-state index contributed by atoms with van der Waals surface area (Å²) in [6, 6.07) is 5.74. The number of aromatic nitrogens is 2. The van der Waals surface area contributed by atoms with Crippen LogP contribution < -0.4 is 0 Å². The highest BCUT2D eigenvalue weighted by molar-refractivity contribution is 5.69. The van der Waals surface area contributed by atoms with Crippen molar-refractivity contribution in [3.05, 3.63) is 40.3 Å². The number of hydrogen-bond acceptors (Lipinski definition) is 7. The fourth-order valence-corrected chi connectivity index (χ4v) is 1.75. The third-order valence-corrected chi connectivity index (χ3v) is 2.88.